The molecule has 224 valence electrons. The molecule has 0 radical (unpaired) electrons. The Bertz CT molecular complexity index is 1310. The fourth-order valence-electron chi connectivity index (χ4n) is 5.24. The lowest BCUT2D eigenvalue weighted by atomic mass is 10.0. The molecule has 1 amide bonds. The highest BCUT2D eigenvalue weighted by Crippen LogP contribution is 2.39. The Labute approximate surface area is 244 Å². The monoisotopic (exact) mass is 600 g/mol. The van der Waals surface area contributed by atoms with Gasteiger partial charge in [0, 0.05) is 6.54 Å². The van der Waals surface area contributed by atoms with Crippen molar-refractivity contribution in [2.45, 2.75) is 44.4 Å². The van der Waals surface area contributed by atoms with E-state index >= 15 is 0 Å². The SMILES string of the molecule is COC(=O)[C@H]1C[C@H](C(=O)N(O[Si](c2ccccc2)(c2ccccc2)C(C)(C)C)c2ccc(OCC(F)(F)F)cc2)CN1. The number of nitrogens with zero attached hydrogens (tertiary/aromatic N) is 1. The number of rotatable bonds is 9. The topological polar surface area (TPSA) is 77.1 Å². The van der Waals surface area contributed by atoms with Crippen LogP contribution in [0.15, 0.2) is 84.9 Å². The number of ether oxygens (including phenoxy) is 2. The molecule has 4 rings (SSSR count). The third kappa shape index (κ3) is 6.85. The second kappa shape index (κ2) is 12.7. The molecule has 0 aromatic heterocycles. The van der Waals surface area contributed by atoms with Gasteiger partial charge in [-0.25, -0.2) is 0 Å². The van der Waals surface area contributed by atoms with Crippen LogP contribution in [-0.2, 0) is 18.9 Å². The highest BCUT2D eigenvalue weighted by atomic mass is 28.4. The molecule has 0 aliphatic carbocycles. The second-order valence-corrected chi connectivity index (χ2v) is 15.4. The largest absolute Gasteiger partial charge is 0.484 e. The molecule has 1 N–H and O–H groups in total. The number of amides is 1. The minimum absolute atomic E-state index is 0.00205. The van der Waals surface area contributed by atoms with Gasteiger partial charge in [0.25, 0.3) is 14.2 Å². The smallest absolute Gasteiger partial charge is 0.422 e. The van der Waals surface area contributed by atoms with Gasteiger partial charge in [0.2, 0.25) is 0 Å². The van der Waals surface area contributed by atoms with Gasteiger partial charge in [-0.05, 0) is 46.1 Å². The maximum atomic E-state index is 14.3. The lowest BCUT2D eigenvalue weighted by Crippen LogP contribution is -2.69. The molecule has 1 fully saturated rings. The summed E-state index contributed by atoms with van der Waals surface area (Å²) in [6.45, 7) is 5.00. The quantitative estimate of drug-likeness (QED) is 0.220. The maximum absolute atomic E-state index is 14.3. The molecule has 3 aromatic rings. The Morgan fingerprint density at radius 1 is 0.905 bits per heavy atom. The second-order valence-electron chi connectivity index (χ2n) is 11.2. The van der Waals surface area contributed by atoms with Crippen molar-refractivity contribution in [3.05, 3.63) is 84.9 Å². The lowest BCUT2D eigenvalue weighted by molar-refractivity contribution is -0.153. The molecule has 1 aliphatic rings. The summed E-state index contributed by atoms with van der Waals surface area (Å²) in [7, 11) is -2.00. The van der Waals surface area contributed by atoms with Gasteiger partial charge in [0.15, 0.2) is 6.61 Å². The van der Waals surface area contributed by atoms with Crippen LogP contribution in [0.25, 0.3) is 0 Å². The summed E-state index contributed by atoms with van der Waals surface area (Å²) in [6.07, 6.45) is -4.28. The van der Waals surface area contributed by atoms with E-state index in [2.05, 4.69) is 26.1 Å². The Morgan fingerprint density at radius 3 is 1.93 bits per heavy atom. The molecule has 42 heavy (non-hydrogen) atoms. The summed E-state index contributed by atoms with van der Waals surface area (Å²) in [5.41, 5.74) is 0.328. The van der Waals surface area contributed by atoms with Crippen LogP contribution in [0, 0.1) is 5.92 Å². The molecule has 0 unspecified atom stereocenters. The number of carbonyl (C=O) groups is 2. The van der Waals surface area contributed by atoms with Crippen molar-refractivity contribution in [3.63, 3.8) is 0 Å². The molecule has 1 aliphatic heterocycles. The number of alkyl halides is 3. The number of benzene rings is 3. The number of anilines is 1. The van der Waals surface area contributed by atoms with E-state index in [-0.39, 0.29) is 24.6 Å². The predicted molar refractivity (Wildman–Crippen MR) is 156 cm³/mol. The Kier molecular flexibility index (Phi) is 9.44. The van der Waals surface area contributed by atoms with Crippen molar-refractivity contribution in [3.8, 4) is 5.75 Å². The van der Waals surface area contributed by atoms with Crippen LogP contribution in [0.1, 0.15) is 27.2 Å². The van der Waals surface area contributed by atoms with Crippen molar-refractivity contribution in [2.75, 3.05) is 25.3 Å². The van der Waals surface area contributed by atoms with Crippen LogP contribution in [0.3, 0.4) is 0 Å². The maximum Gasteiger partial charge on any atom is 0.422 e. The minimum Gasteiger partial charge on any atom is -0.484 e. The fourth-order valence-corrected chi connectivity index (χ4v) is 9.58. The van der Waals surface area contributed by atoms with E-state index in [1.54, 1.807) is 0 Å². The van der Waals surface area contributed by atoms with Gasteiger partial charge in [-0.3, -0.25) is 9.59 Å². The highest BCUT2D eigenvalue weighted by Gasteiger charge is 2.54. The predicted octanol–water partition coefficient (Wildman–Crippen LogP) is 4.60. The summed E-state index contributed by atoms with van der Waals surface area (Å²) >= 11 is 0. The van der Waals surface area contributed by atoms with Crippen LogP contribution >= 0.6 is 0 Å². The number of methoxy groups -OCH3 is 1. The van der Waals surface area contributed by atoms with E-state index in [9.17, 15) is 22.8 Å². The summed E-state index contributed by atoms with van der Waals surface area (Å²) in [5, 5.41) is 5.70. The van der Waals surface area contributed by atoms with Gasteiger partial charge in [-0.2, -0.15) is 18.2 Å². The first-order chi connectivity index (χ1) is 19.9. The number of esters is 1. The van der Waals surface area contributed by atoms with Crippen molar-refractivity contribution in [2.24, 2.45) is 5.92 Å². The van der Waals surface area contributed by atoms with Crippen LogP contribution < -0.4 is 25.5 Å². The molecule has 2 atom stereocenters. The van der Waals surface area contributed by atoms with Gasteiger partial charge in [-0.1, -0.05) is 81.4 Å². The first kappa shape index (κ1) is 31.3. The zero-order chi connectivity index (χ0) is 30.5. The summed E-state index contributed by atoms with van der Waals surface area (Å²) < 4.78 is 55.0. The van der Waals surface area contributed by atoms with Gasteiger partial charge >= 0.3 is 12.1 Å². The summed E-state index contributed by atoms with van der Waals surface area (Å²) in [6, 6.07) is 24.6. The van der Waals surface area contributed by atoms with Crippen LogP contribution in [0.5, 0.6) is 5.75 Å². The summed E-state index contributed by atoms with van der Waals surface area (Å²) in [4.78, 5) is 26.5. The number of halogens is 3. The average Bonchev–Trinajstić information content (AvgIpc) is 3.47. The van der Waals surface area contributed by atoms with Gasteiger partial charge in [0.05, 0.1) is 18.7 Å². The Hall–Kier alpha value is -3.67. The lowest BCUT2D eigenvalue weighted by Gasteiger charge is -2.45. The molecule has 0 spiro atoms. The highest BCUT2D eigenvalue weighted by molar-refractivity contribution is 6.99. The molecule has 1 saturated heterocycles. The van der Waals surface area contributed by atoms with Crippen LogP contribution in [-0.4, -0.2) is 52.7 Å². The molecule has 7 nitrogen and oxygen atoms in total. The molecule has 1 heterocycles. The van der Waals surface area contributed by atoms with E-state index < -0.39 is 44.1 Å². The van der Waals surface area contributed by atoms with E-state index in [0.29, 0.717) is 5.69 Å². The Morgan fingerprint density at radius 2 is 1.45 bits per heavy atom. The molecular formula is C31H35F3N2O5Si. The standard InChI is InChI=1S/C31H35F3N2O5Si/c1-30(2,3)42(25-11-7-5-8-12-25,26-13-9-6-10-14-26)41-36(28(37)22-19-27(35-20-22)29(38)39-4)23-15-17-24(18-16-23)40-21-31(32,33)34/h5-18,22,27,35H,19-21H2,1-4H3/t22-,27+/m0/s1. The zero-order valence-corrected chi connectivity index (χ0v) is 25.0. The molecule has 0 saturated carbocycles. The molecular weight excluding hydrogens is 565 g/mol. The number of hydroxylamine groups is 1. The molecule has 3 aromatic carbocycles. The normalized spacial score (nSPS) is 17.5. The van der Waals surface area contributed by atoms with E-state index in [1.165, 1.54) is 36.4 Å². The number of nitrogens with one attached hydrogen (secondary N) is 1. The average molecular weight is 601 g/mol. The van der Waals surface area contributed by atoms with Crippen LogP contribution in [0.4, 0.5) is 18.9 Å². The number of carbonyl (C=O) groups excluding carboxylic acids is 2. The first-order valence-corrected chi connectivity index (χ1v) is 15.5. The molecule has 11 heteroatoms. The number of hydrogen-bond acceptors (Lipinski definition) is 6. The van der Waals surface area contributed by atoms with Crippen molar-refractivity contribution in [1.29, 1.82) is 0 Å². The third-order valence-electron chi connectivity index (χ3n) is 7.28. The minimum atomic E-state index is -4.49. The first-order valence-electron chi connectivity index (χ1n) is 13.6. The van der Waals surface area contributed by atoms with Gasteiger partial charge in [0.1, 0.15) is 11.8 Å². The summed E-state index contributed by atoms with van der Waals surface area (Å²) in [5.74, 6) is -1.46. The van der Waals surface area contributed by atoms with Gasteiger partial charge in [-0.15, -0.1) is 0 Å². The Balaban J connectivity index is 1.81. The van der Waals surface area contributed by atoms with E-state index in [4.69, 9.17) is 14.0 Å². The zero-order valence-electron chi connectivity index (χ0n) is 24.0. The van der Waals surface area contributed by atoms with Crippen molar-refractivity contribution < 1.29 is 36.8 Å². The van der Waals surface area contributed by atoms with E-state index in [1.807, 2.05) is 60.7 Å². The number of hydrogen-bond donors (Lipinski definition) is 1. The van der Waals surface area contributed by atoms with Gasteiger partial charge < -0.3 is 19.3 Å². The molecule has 0 bridgehead atoms. The fraction of sp³-hybridized carbons (Fsp3) is 0.355. The van der Waals surface area contributed by atoms with Crippen molar-refractivity contribution in [1.82, 2.24) is 5.32 Å². The third-order valence-corrected chi connectivity index (χ3v) is 12.1. The van der Waals surface area contributed by atoms with E-state index in [0.717, 1.165) is 10.4 Å². The van der Waals surface area contributed by atoms with Crippen molar-refractivity contribution >= 4 is 36.3 Å². The van der Waals surface area contributed by atoms with Crippen LogP contribution in [0.2, 0.25) is 5.04 Å².